The molecule has 0 radical (unpaired) electrons. The molecule has 1 saturated carbocycles. The molecule has 4 nitrogen and oxygen atoms in total. The number of likely N-dealkylation sites (tertiary alicyclic amines) is 1. The Labute approximate surface area is 165 Å². The number of methoxy groups -OCH3 is 2. The number of ether oxygens (including phenoxy) is 3. The van der Waals surface area contributed by atoms with Gasteiger partial charge >= 0.3 is 0 Å². The molecular weight excluding hydrogens is 338 g/mol. The van der Waals surface area contributed by atoms with Crippen LogP contribution in [-0.4, -0.2) is 56.1 Å². The Kier molecular flexibility index (Phi) is 8.16. The Balaban J connectivity index is 1.90. The normalized spacial score (nSPS) is 24.9. The maximum Gasteiger partial charge on any atom is 0.123 e. The second kappa shape index (κ2) is 10.1. The highest BCUT2D eigenvalue weighted by Crippen LogP contribution is 2.29. The van der Waals surface area contributed by atoms with Gasteiger partial charge in [-0.25, -0.2) is 0 Å². The molecule has 0 spiro atoms. The number of hydrogen-bond donors (Lipinski definition) is 0. The molecule has 0 N–H and O–H groups in total. The number of rotatable bonds is 7. The topological polar surface area (TPSA) is 30.9 Å². The molecule has 1 aliphatic heterocycles. The minimum absolute atomic E-state index is 0.362. The van der Waals surface area contributed by atoms with Gasteiger partial charge in [0.1, 0.15) is 5.60 Å². The van der Waals surface area contributed by atoms with Crippen LogP contribution >= 0.6 is 0 Å². The van der Waals surface area contributed by atoms with Gasteiger partial charge in [-0.3, -0.25) is 0 Å². The Morgan fingerprint density at radius 2 is 1.78 bits per heavy atom. The van der Waals surface area contributed by atoms with Gasteiger partial charge < -0.3 is 19.1 Å². The van der Waals surface area contributed by atoms with Crippen LogP contribution in [0.1, 0.15) is 46.5 Å². The van der Waals surface area contributed by atoms with Crippen molar-refractivity contribution in [3.05, 3.63) is 36.1 Å². The van der Waals surface area contributed by atoms with Crippen molar-refractivity contribution < 1.29 is 14.2 Å². The Hall–Kier alpha value is -1.54. The van der Waals surface area contributed by atoms with Crippen molar-refractivity contribution >= 4 is 0 Å². The van der Waals surface area contributed by atoms with Crippen molar-refractivity contribution in [1.29, 1.82) is 0 Å². The lowest BCUT2D eigenvalue weighted by Crippen LogP contribution is -2.43. The molecule has 2 aliphatic rings. The number of allylic oxidation sites excluding steroid dienone is 4. The summed E-state index contributed by atoms with van der Waals surface area (Å²) < 4.78 is 16.9. The van der Waals surface area contributed by atoms with Gasteiger partial charge in [0, 0.05) is 38.6 Å². The van der Waals surface area contributed by atoms with Crippen LogP contribution in [0, 0.1) is 11.8 Å². The van der Waals surface area contributed by atoms with Crippen molar-refractivity contribution in [2.24, 2.45) is 0 Å². The largest absolute Gasteiger partial charge is 0.381 e. The Bertz CT molecular complexity index is 609. The van der Waals surface area contributed by atoms with E-state index >= 15 is 0 Å². The second-order valence-electron chi connectivity index (χ2n) is 7.89. The van der Waals surface area contributed by atoms with Crippen LogP contribution in [-0.2, 0) is 14.2 Å². The van der Waals surface area contributed by atoms with Crippen molar-refractivity contribution in [2.45, 2.75) is 70.4 Å². The fourth-order valence-electron chi connectivity index (χ4n) is 3.27. The third kappa shape index (κ3) is 6.84. The summed E-state index contributed by atoms with van der Waals surface area (Å²) in [5, 5.41) is 0. The molecule has 0 aromatic rings. The van der Waals surface area contributed by atoms with E-state index in [1.807, 2.05) is 26.8 Å². The Morgan fingerprint density at radius 3 is 2.33 bits per heavy atom. The summed E-state index contributed by atoms with van der Waals surface area (Å²) in [4.78, 5) is 2.40. The molecule has 2 rings (SSSR count). The molecule has 0 aromatic carbocycles. The lowest BCUT2D eigenvalue weighted by Gasteiger charge is -2.40. The lowest BCUT2D eigenvalue weighted by atomic mass is 9.91. The molecular formula is C23H35NO3. The summed E-state index contributed by atoms with van der Waals surface area (Å²) in [5.41, 5.74) is 1.75. The van der Waals surface area contributed by atoms with Crippen LogP contribution < -0.4 is 0 Å². The standard InChI is InChI=1S/C23H35NO3/c1-7-8-19(15-18(2)9-12-23(3,4)26-6)24-13-10-20(11-14-24)27-22-16-21(17-22)25-5/h7-8,15,20-22H,1,10-11,13-14,16-17H2,2-6H3/b18-15+,19-8+. The number of piperidine rings is 1. The molecule has 1 saturated heterocycles. The van der Waals surface area contributed by atoms with Crippen molar-refractivity contribution in [3.63, 3.8) is 0 Å². The molecule has 4 heteroatoms. The van der Waals surface area contributed by atoms with Crippen LogP contribution in [0.2, 0.25) is 0 Å². The van der Waals surface area contributed by atoms with Crippen LogP contribution in [0.4, 0.5) is 0 Å². The van der Waals surface area contributed by atoms with E-state index in [0.717, 1.165) is 50.0 Å². The third-order valence-electron chi connectivity index (χ3n) is 5.30. The summed E-state index contributed by atoms with van der Waals surface area (Å²) >= 11 is 0. The zero-order valence-corrected chi connectivity index (χ0v) is 17.6. The van der Waals surface area contributed by atoms with Crippen LogP contribution in [0.5, 0.6) is 0 Å². The van der Waals surface area contributed by atoms with E-state index in [4.69, 9.17) is 14.2 Å². The first-order valence-corrected chi connectivity index (χ1v) is 9.89. The van der Waals surface area contributed by atoms with Crippen LogP contribution in [0.15, 0.2) is 36.1 Å². The van der Waals surface area contributed by atoms with E-state index in [9.17, 15) is 0 Å². The van der Waals surface area contributed by atoms with E-state index in [0.29, 0.717) is 18.3 Å². The lowest BCUT2D eigenvalue weighted by molar-refractivity contribution is -0.124. The first-order valence-electron chi connectivity index (χ1n) is 9.89. The molecule has 0 amide bonds. The van der Waals surface area contributed by atoms with Gasteiger partial charge in [-0.05, 0) is 58.6 Å². The predicted molar refractivity (Wildman–Crippen MR) is 110 cm³/mol. The van der Waals surface area contributed by atoms with Gasteiger partial charge in [0.05, 0.1) is 18.3 Å². The Morgan fingerprint density at radius 1 is 1.11 bits per heavy atom. The van der Waals surface area contributed by atoms with E-state index < -0.39 is 5.60 Å². The minimum atomic E-state index is -0.434. The highest BCUT2D eigenvalue weighted by Gasteiger charge is 2.33. The summed E-state index contributed by atoms with van der Waals surface area (Å²) in [5.74, 6) is 6.38. The summed E-state index contributed by atoms with van der Waals surface area (Å²) in [6.45, 7) is 11.8. The van der Waals surface area contributed by atoms with E-state index in [1.54, 1.807) is 14.2 Å². The zero-order valence-electron chi connectivity index (χ0n) is 17.6. The first kappa shape index (κ1) is 21.8. The predicted octanol–water partition coefficient (Wildman–Crippen LogP) is 4.09. The first-order chi connectivity index (χ1) is 12.9. The molecule has 1 heterocycles. The van der Waals surface area contributed by atoms with Crippen LogP contribution in [0.3, 0.4) is 0 Å². The highest BCUT2D eigenvalue weighted by atomic mass is 16.5. The molecule has 150 valence electrons. The quantitative estimate of drug-likeness (QED) is 0.497. The molecule has 0 bridgehead atoms. The van der Waals surface area contributed by atoms with E-state index in [-0.39, 0.29) is 0 Å². The van der Waals surface area contributed by atoms with Gasteiger partial charge in [-0.15, -0.1) is 0 Å². The van der Waals surface area contributed by atoms with Crippen molar-refractivity contribution in [2.75, 3.05) is 27.3 Å². The fraction of sp³-hybridized carbons (Fsp3) is 0.652. The summed E-state index contributed by atoms with van der Waals surface area (Å²) in [6.07, 6.45) is 11.4. The molecule has 0 unspecified atom stereocenters. The smallest absolute Gasteiger partial charge is 0.123 e. The fourth-order valence-corrected chi connectivity index (χ4v) is 3.27. The van der Waals surface area contributed by atoms with E-state index in [1.165, 1.54) is 0 Å². The van der Waals surface area contributed by atoms with Gasteiger partial charge in [0.15, 0.2) is 0 Å². The third-order valence-corrected chi connectivity index (χ3v) is 5.30. The van der Waals surface area contributed by atoms with Gasteiger partial charge in [-0.1, -0.05) is 24.5 Å². The zero-order chi connectivity index (χ0) is 19.9. The molecule has 27 heavy (non-hydrogen) atoms. The van der Waals surface area contributed by atoms with E-state index in [2.05, 4.69) is 35.5 Å². The van der Waals surface area contributed by atoms with Gasteiger partial charge in [0.25, 0.3) is 0 Å². The van der Waals surface area contributed by atoms with Crippen LogP contribution in [0.25, 0.3) is 0 Å². The maximum atomic E-state index is 6.22. The highest BCUT2D eigenvalue weighted by molar-refractivity contribution is 5.36. The minimum Gasteiger partial charge on any atom is -0.381 e. The number of nitrogens with zero attached hydrogens (tertiary/aromatic N) is 1. The average molecular weight is 374 g/mol. The molecule has 2 fully saturated rings. The second-order valence-corrected chi connectivity index (χ2v) is 7.89. The monoisotopic (exact) mass is 373 g/mol. The van der Waals surface area contributed by atoms with Crippen molar-refractivity contribution in [1.82, 2.24) is 4.90 Å². The number of hydrogen-bond acceptors (Lipinski definition) is 4. The molecule has 1 aliphatic carbocycles. The maximum absolute atomic E-state index is 6.22. The summed E-state index contributed by atoms with van der Waals surface area (Å²) in [6, 6.07) is 0. The van der Waals surface area contributed by atoms with Gasteiger partial charge in [-0.2, -0.15) is 0 Å². The van der Waals surface area contributed by atoms with Gasteiger partial charge in [0.2, 0.25) is 0 Å². The SMILES string of the molecule is C=C/C=C(\C=C(/C)C#CC(C)(C)OC)N1CCC(OC2CC(OC)C2)CC1. The molecule has 0 atom stereocenters. The molecule has 0 aromatic heterocycles. The average Bonchev–Trinajstić information content (AvgIpc) is 2.63. The summed E-state index contributed by atoms with van der Waals surface area (Å²) in [7, 11) is 3.46. The van der Waals surface area contributed by atoms with Crippen molar-refractivity contribution in [3.8, 4) is 11.8 Å².